The fourth-order valence-corrected chi connectivity index (χ4v) is 4.90. The molecule has 3 aromatic heterocycles. The molecule has 0 spiro atoms. The van der Waals surface area contributed by atoms with Crippen LogP contribution >= 0.6 is 0 Å². The van der Waals surface area contributed by atoms with Crippen molar-refractivity contribution in [3.05, 3.63) is 92.9 Å². The summed E-state index contributed by atoms with van der Waals surface area (Å²) in [6, 6.07) is 11.2. The summed E-state index contributed by atoms with van der Waals surface area (Å²) in [6.07, 6.45) is 3.64. The van der Waals surface area contributed by atoms with Gasteiger partial charge in [-0.25, -0.2) is 18.7 Å². The van der Waals surface area contributed by atoms with Gasteiger partial charge in [0, 0.05) is 25.4 Å². The SMILES string of the molecule is CCn1c(=O)n(-c2ccc(F)cc2)c(=O)c2c(C)c(-c3ccc(-n4cnc(C)c4)c(OC)c3)n(C)c21. The standard InChI is InChI=1S/C27H26FN5O3/c1-6-32-25-23(26(34)33(27(32)35)20-10-8-19(28)9-11-20)17(3)24(30(25)4)18-7-12-21(22(13-18)36-5)31-14-16(2)29-15-31/h7-15H,6H2,1-5H3. The van der Waals surface area contributed by atoms with Gasteiger partial charge in [-0.15, -0.1) is 0 Å². The van der Waals surface area contributed by atoms with Gasteiger partial charge in [0.05, 0.1) is 41.6 Å². The van der Waals surface area contributed by atoms with Crippen molar-refractivity contribution in [1.82, 2.24) is 23.3 Å². The van der Waals surface area contributed by atoms with Gasteiger partial charge in [-0.05, 0) is 62.7 Å². The number of aryl methyl sites for hydroxylation is 4. The van der Waals surface area contributed by atoms with Crippen molar-refractivity contribution in [1.29, 1.82) is 0 Å². The zero-order valence-corrected chi connectivity index (χ0v) is 20.7. The monoisotopic (exact) mass is 487 g/mol. The largest absolute Gasteiger partial charge is 0.495 e. The average Bonchev–Trinajstić information content (AvgIpc) is 3.41. The number of benzene rings is 2. The van der Waals surface area contributed by atoms with Crippen LogP contribution in [0.5, 0.6) is 5.75 Å². The number of halogens is 1. The summed E-state index contributed by atoms with van der Waals surface area (Å²) in [5.74, 6) is 0.205. The van der Waals surface area contributed by atoms with Crippen LogP contribution < -0.4 is 16.0 Å². The molecule has 3 heterocycles. The number of methoxy groups -OCH3 is 1. The van der Waals surface area contributed by atoms with Gasteiger partial charge < -0.3 is 13.9 Å². The molecule has 0 atom stereocenters. The molecular formula is C27H26FN5O3. The van der Waals surface area contributed by atoms with Gasteiger partial charge in [0.1, 0.15) is 17.2 Å². The van der Waals surface area contributed by atoms with Crippen LogP contribution in [0, 0.1) is 19.7 Å². The highest BCUT2D eigenvalue weighted by atomic mass is 19.1. The van der Waals surface area contributed by atoms with E-state index in [-0.39, 0.29) is 0 Å². The molecule has 0 saturated carbocycles. The normalized spacial score (nSPS) is 11.4. The smallest absolute Gasteiger partial charge is 0.337 e. The summed E-state index contributed by atoms with van der Waals surface area (Å²) in [5, 5.41) is 0.437. The zero-order chi connectivity index (χ0) is 25.7. The molecule has 9 heteroatoms. The van der Waals surface area contributed by atoms with Crippen LogP contribution in [0.15, 0.2) is 64.6 Å². The minimum Gasteiger partial charge on any atom is -0.495 e. The van der Waals surface area contributed by atoms with Gasteiger partial charge >= 0.3 is 5.69 Å². The summed E-state index contributed by atoms with van der Waals surface area (Å²) in [7, 11) is 3.45. The van der Waals surface area contributed by atoms with Crippen LogP contribution in [0.1, 0.15) is 18.2 Å². The average molecular weight is 488 g/mol. The van der Waals surface area contributed by atoms with Crippen molar-refractivity contribution in [3.63, 3.8) is 0 Å². The van der Waals surface area contributed by atoms with Crippen LogP contribution in [-0.2, 0) is 13.6 Å². The molecule has 0 aliphatic heterocycles. The molecule has 0 bridgehead atoms. The number of hydrogen-bond donors (Lipinski definition) is 0. The maximum Gasteiger partial charge on any atom is 0.337 e. The summed E-state index contributed by atoms with van der Waals surface area (Å²) >= 11 is 0. The van der Waals surface area contributed by atoms with Gasteiger partial charge in [-0.3, -0.25) is 9.36 Å². The number of hydrogen-bond acceptors (Lipinski definition) is 4. The third kappa shape index (κ3) is 3.46. The van der Waals surface area contributed by atoms with Crippen molar-refractivity contribution in [2.45, 2.75) is 27.3 Å². The lowest BCUT2D eigenvalue weighted by atomic mass is 10.1. The van der Waals surface area contributed by atoms with Crippen LogP contribution in [0.25, 0.3) is 33.7 Å². The second kappa shape index (κ2) is 8.67. The maximum atomic E-state index is 13.7. The van der Waals surface area contributed by atoms with Crippen molar-refractivity contribution >= 4 is 11.0 Å². The first-order valence-electron chi connectivity index (χ1n) is 11.6. The molecule has 0 saturated heterocycles. The minimum atomic E-state index is -0.475. The van der Waals surface area contributed by atoms with Crippen LogP contribution in [0.3, 0.4) is 0 Å². The van der Waals surface area contributed by atoms with E-state index in [1.165, 1.54) is 24.3 Å². The third-order valence-corrected chi connectivity index (χ3v) is 6.55. The highest BCUT2D eigenvalue weighted by Crippen LogP contribution is 2.35. The molecule has 0 radical (unpaired) electrons. The minimum absolute atomic E-state index is 0.321. The van der Waals surface area contributed by atoms with E-state index in [4.69, 9.17) is 4.74 Å². The van der Waals surface area contributed by atoms with Crippen molar-refractivity contribution in [2.75, 3.05) is 7.11 Å². The van der Waals surface area contributed by atoms with Crippen LogP contribution in [0.2, 0.25) is 0 Å². The van der Waals surface area contributed by atoms with Gasteiger partial charge in [0.15, 0.2) is 0 Å². The first-order chi connectivity index (χ1) is 17.3. The Kier molecular flexibility index (Phi) is 5.62. The Bertz CT molecular complexity index is 1740. The van der Waals surface area contributed by atoms with Crippen molar-refractivity contribution in [2.24, 2.45) is 7.05 Å². The Morgan fingerprint density at radius 3 is 2.39 bits per heavy atom. The van der Waals surface area contributed by atoms with E-state index in [9.17, 15) is 14.0 Å². The molecular weight excluding hydrogens is 461 g/mol. The Morgan fingerprint density at radius 1 is 1.06 bits per heavy atom. The summed E-state index contributed by atoms with van der Waals surface area (Å²) in [5.41, 5.74) is 4.04. The fraction of sp³-hybridized carbons (Fsp3) is 0.222. The molecule has 0 fully saturated rings. The van der Waals surface area contributed by atoms with Gasteiger partial charge in [-0.1, -0.05) is 6.07 Å². The molecule has 36 heavy (non-hydrogen) atoms. The number of ether oxygens (including phenoxy) is 1. The summed E-state index contributed by atoms with van der Waals surface area (Å²) in [6.45, 7) is 6.00. The second-order valence-corrected chi connectivity index (χ2v) is 8.68. The van der Waals surface area contributed by atoms with E-state index in [0.29, 0.717) is 29.0 Å². The lowest BCUT2D eigenvalue weighted by Gasteiger charge is -2.14. The van der Waals surface area contributed by atoms with E-state index in [0.717, 1.165) is 32.8 Å². The first kappa shape index (κ1) is 23.3. The Morgan fingerprint density at radius 2 is 1.78 bits per heavy atom. The Labute approximate surface area is 206 Å². The quantitative estimate of drug-likeness (QED) is 0.374. The lowest BCUT2D eigenvalue weighted by Crippen LogP contribution is -2.39. The topological polar surface area (TPSA) is 76.0 Å². The molecule has 0 aliphatic rings. The maximum absolute atomic E-state index is 13.7. The van der Waals surface area contributed by atoms with Gasteiger partial charge in [-0.2, -0.15) is 0 Å². The molecule has 0 amide bonds. The second-order valence-electron chi connectivity index (χ2n) is 8.68. The predicted molar refractivity (Wildman–Crippen MR) is 137 cm³/mol. The number of aromatic nitrogens is 5. The van der Waals surface area contributed by atoms with E-state index < -0.39 is 17.1 Å². The first-order valence-corrected chi connectivity index (χ1v) is 11.6. The molecule has 5 rings (SSSR count). The Balaban J connectivity index is 1.79. The van der Waals surface area contributed by atoms with Crippen LogP contribution in [-0.4, -0.2) is 30.4 Å². The lowest BCUT2D eigenvalue weighted by molar-refractivity contribution is 0.413. The molecule has 0 aliphatic carbocycles. The van der Waals surface area contributed by atoms with E-state index in [1.54, 1.807) is 18.0 Å². The number of fused-ring (bicyclic) bond motifs is 1. The van der Waals surface area contributed by atoms with Crippen molar-refractivity contribution < 1.29 is 9.13 Å². The molecule has 184 valence electrons. The van der Waals surface area contributed by atoms with Gasteiger partial charge in [0.2, 0.25) is 0 Å². The van der Waals surface area contributed by atoms with Crippen LogP contribution in [0.4, 0.5) is 4.39 Å². The Hall–Kier alpha value is -4.40. The number of imidazole rings is 1. The molecule has 2 aromatic carbocycles. The highest BCUT2D eigenvalue weighted by Gasteiger charge is 2.23. The summed E-state index contributed by atoms with van der Waals surface area (Å²) < 4.78 is 25.6. The molecule has 0 N–H and O–H groups in total. The predicted octanol–water partition coefficient (Wildman–Crippen LogP) is 4.13. The fourth-order valence-electron chi connectivity index (χ4n) is 4.90. The highest BCUT2D eigenvalue weighted by molar-refractivity contribution is 5.89. The number of nitrogens with zero attached hydrogens (tertiary/aromatic N) is 5. The molecule has 8 nitrogen and oxygen atoms in total. The van der Waals surface area contributed by atoms with Gasteiger partial charge in [0.25, 0.3) is 5.56 Å². The molecule has 5 aromatic rings. The van der Waals surface area contributed by atoms with E-state index in [2.05, 4.69) is 4.98 Å². The number of rotatable bonds is 5. The zero-order valence-electron chi connectivity index (χ0n) is 20.7. The van der Waals surface area contributed by atoms with E-state index in [1.807, 2.05) is 61.3 Å². The third-order valence-electron chi connectivity index (χ3n) is 6.55. The van der Waals surface area contributed by atoms with Crippen molar-refractivity contribution in [3.8, 4) is 28.4 Å². The summed E-state index contributed by atoms with van der Waals surface area (Å²) in [4.78, 5) is 31.4. The van der Waals surface area contributed by atoms with E-state index >= 15 is 0 Å². The molecule has 0 unspecified atom stereocenters.